The van der Waals surface area contributed by atoms with Crippen LogP contribution in [0.1, 0.15) is 265 Å². The Morgan fingerprint density at radius 3 is 1.29 bits per heavy atom. The normalized spacial score (nSPS) is 13.3. The van der Waals surface area contributed by atoms with Crippen LogP contribution in [0.5, 0.6) is 0 Å². The number of allylic oxidation sites excluding steroid dienone is 2. The molecule has 0 fully saturated rings. The Morgan fingerprint density at radius 2 is 0.873 bits per heavy atom. The molecule has 0 bridgehead atoms. The van der Waals surface area contributed by atoms with E-state index in [-0.39, 0.29) is 24.9 Å². The highest BCUT2D eigenvalue weighted by atomic mass is 16.5. The van der Waals surface area contributed by atoms with Gasteiger partial charge in [0, 0.05) is 6.42 Å². The number of ether oxygens (including phenoxy) is 1. The van der Waals surface area contributed by atoms with Crippen LogP contribution in [-0.4, -0.2) is 46.9 Å². The van der Waals surface area contributed by atoms with Crippen molar-refractivity contribution in [2.75, 3.05) is 6.61 Å². The van der Waals surface area contributed by atoms with E-state index in [1.807, 2.05) is 0 Å². The maximum Gasteiger partial charge on any atom is 0.306 e. The number of rotatable bonds is 44. The van der Waals surface area contributed by atoms with Crippen LogP contribution < -0.4 is 5.32 Å². The lowest BCUT2D eigenvalue weighted by Crippen LogP contribution is -2.46. The first-order chi connectivity index (χ1) is 27.0. The van der Waals surface area contributed by atoms with Gasteiger partial charge in [-0.1, -0.05) is 213 Å². The maximum atomic E-state index is 13.1. The monoisotopic (exact) mass is 778 g/mol. The predicted molar refractivity (Wildman–Crippen MR) is 237 cm³/mol. The van der Waals surface area contributed by atoms with Crippen LogP contribution in [0.25, 0.3) is 0 Å². The van der Waals surface area contributed by atoms with E-state index in [2.05, 4.69) is 38.2 Å². The van der Waals surface area contributed by atoms with Gasteiger partial charge in [-0.05, 0) is 51.4 Å². The van der Waals surface area contributed by atoms with Crippen molar-refractivity contribution < 1.29 is 24.5 Å². The van der Waals surface area contributed by atoms with Gasteiger partial charge in [-0.2, -0.15) is 0 Å². The zero-order valence-electron chi connectivity index (χ0n) is 37.1. The Hall–Kier alpha value is -1.40. The molecule has 0 saturated heterocycles. The molecular formula is C49H95NO5. The van der Waals surface area contributed by atoms with Crippen LogP contribution >= 0.6 is 0 Å². The van der Waals surface area contributed by atoms with Crippen LogP contribution in [0.15, 0.2) is 12.2 Å². The second-order valence-corrected chi connectivity index (χ2v) is 16.9. The number of unbranched alkanes of at least 4 members (excludes halogenated alkanes) is 30. The van der Waals surface area contributed by atoms with Gasteiger partial charge >= 0.3 is 5.97 Å². The fourth-order valence-corrected chi connectivity index (χ4v) is 7.60. The number of hydrogen-bond acceptors (Lipinski definition) is 5. The molecule has 3 N–H and O–H groups in total. The average Bonchev–Trinajstić information content (AvgIpc) is 3.18. The molecule has 0 rings (SSSR count). The third-order valence-electron chi connectivity index (χ3n) is 11.3. The minimum atomic E-state index is -0.782. The number of nitrogens with one attached hydrogen (secondary N) is 1. The van der Waals surface area contributed by atoms with Crippen molar-refractivity contribution in [1.82, 2.24) is 5.32 Å². The highest BCUT2D eigenvalue weighted by Crippen LogP contribution is 2.18. The molecule has 0 radical (unpaired) electrons. The van der Waals surface area contributed by atoms with Crippen molar-refractivity contribution in [2.24, 2.45) is 0 Å². The van der Waals surface area contributed by atoms with E-state index in [4.69, 9.17) is 4.74 Å². The standard InChI is InChI=1S/C49H95NO5/c1-4-7-10-13-16-19-22-24-25-27-30-33-36-39-42-49(54)55-45(40-37-34-31-28-21-18-15-12-9-6-3)43-48(53)50-46(44-51)47(52)41-38-35-32-29-26-23-20-17-14-11-8-5-2/h25,27,45-47,51-52H,4-24,26,28-44H2,1-3H3,(H,50,53)/b27-25-. The van der Waals surface area contributed by atoms with Gasteiger partial charge in [-0.3, -0.25) is 9.59 Å². The summed E-state index contributed by atoms with van der Waals surface area (Å²) < 4.78 is 5.90. The van der Waals surface area contributed by atoms with Gasteiger partial charge < -0.3 is 20.3 Å². The van der Waals surface area contributed by atoms with Crippen molar-refractivity contribution in [3.63, 3.8) is 0 Å². The second kappa shape index (κ2) is 43.7. The lowest BCUT2D eigenvalue weighted by molar-refractivity contribution is -0.151. The Balaban J connectivity index is 4.52. The van der Waals surface area contributed by atoms with Crippen molar-refractivity contribution in [2.45, 2.75) is 283 Å². The van der Waals surface area contributed by atoms with Gasteiger partial charge in [-0.25, -0.2) is 0 Å². The summed E-state index contributed by atoms with van der Waals surface area (Å²) in [5.41, 5.74) is 0. The highest BCUT2D eigenvalue weighted by molar-refractivity contribution is 5.77. The fourth-order valence-electron chi connectivity index (χ4n) is 7.60. The van der Waals surface area contributed by atoms with Gasteiger partial charge in [0.05, 0.1) is 25.2 Å². The number of aliphatic hydroxyl groups excluding tert-OH is 2. The number of carbonyl (C=O) groups is 2. The Kier molecular flexibility index (Phi) is 42.6. The average molecular weight is 778 g/mol. The van der Waals surface area contributed by atoms with Crippen LogP contribution in [0.4, 0.5) is 0 Å². The van der Waals surface area contributed by atoms with E-state index in [0.29, 0.717) is 19.3 Å². The minimum absolute atomic E-state index is 0.0779. The van der Waals surface area contributed by atoms with Crippen LogP contribution in [-0.2, 0) is 14.3 Å². The second-order valence-electron chi connectivity index (χ2n) is 16.9. The SMILES string of the molecule is CCCCCCCCC/C=C\CCCCCC(=O)OC(CCCCCCCCCCCC)CC(=O)NC(CO)C(O)CCCCCCCCCCCCCC. The molecular weight excluding hydrogens is 683 g/mol. The summed E-state index contributed by atoms with van der Waals surface area (Å²) in [4.78, 5) is 26.0. The summed E-state index contributed by atoms with van der Waals surface area (Å²) in [6.45, 7) is 6.47. The van der Waals surface area contributed by atoms with E-state index < -0.39 is 18.2 Å². The molecule has 6 heteroatoms. The number of carbonyl (C=O) groups excluding carboxylic acids is 2. The number of aliphatic hydroxyl groups is 2. The summed E-state index contributed by atoms with van der Waals surface area (Å²) in [6, 6.07) is -0.696. The Morgan fingerprint density at radius 1 is 0.509 bits per heavy atom. The zero-order valence-corrected chi connectivity index (χ0v) is 37.1. The van der Waals surface area contributed by atoms with Crippen LogP contribution in [0, 0.1) is 0 Å². The van der Waals surface area contributed by atoms with Gasteiger partial charge in [0.25, 0.3) is 0 Å². The van der Waals surface area contributed by atoms with Gasteiger partial charge in [-0.15, -0.1) is 0 Å². The van der Waals surface area contributed by atoms with Gasteiger partial charge in [0.1, 0.15) is 6.10 Å². The van der Waals surface area contributed by atoms with Crippen molar-refractivity contribution >= 4 is 11.9 Å². The van der Waals surface area contributed by atoms with Crippen LogP contribution in [0.2, 0.25) is 0 Å². The first-order valence-corrected chi connectivity index (χ1v) is 24.4. The summed E-state index contributed by atoms with van der Waals surface area (Å²) in [5.74, 6) is -0.481. The third kappa shape index (κ3) is 39.2. The first-order valence-electron chi connectivity index (χ1n) is 24.4. The minimum Gasteiger partial charge on any atom is -0.462 e. The van der Waals surface area contributed by atoms with Crippen LogP contribution in [0.3, 0.4) is 0 Å². The number of amides is 1. The molecule has 0 aromatic heterocycles. The van der Waals surface area contributed by atoms with Crippen molar-refractivity contribution in [3.8, 4) is 0 Å². The molecule has 0 aromatic carbocycles. The summed E-state index contributed by atoms with van der Waals surface area (Å²) in [7, 11) is 0. The van der Waals surface area contributed by atoms with E-state index in [0.717, 1.165) is 51.4 Å². The van der Waals surface area contributed by atoms with E-state index in [1.54, 1.807) is 0 Å². The summed E-state index contributed by atoms with van der Waals surface area (Å²) in [6.07, 6.45) is 47.0. The molecule has 1 amide bonds. The molecule has 6 nitrogen and oxygen atoms in total. The molecule has 326 valence electrons. The van der Waals surface area contributed by atoms with Gasteiger partial charge in [0.2, 0.25) is 5.91 Å². The molecule has 55 heavy (non-hydrogen) atoms. The molecule has 3 unspecified atom stereocenters. The molecule has 0 spiro atoms. The molecule has 0 heterocycles. The molecule has 0 saturated carbocycles. The quantitative estimate of drug-likeness (QED) is 0.0325. The number of hydrogen-bond donors (Lipinski definition) is 3. The molecule has 0 aromatic rings. The smallest absolute Gasteiger partial charge is 0.306 e. The highest BCUT2D eigenvalue weighted by Gasteiger charge is 2.24. The predicted octanol–water partition coefficient (Wildman–Crippen LogP) is 14.2. The molecule has 3 atom stereocenters. The number of esters is 1. The summed E-state index contributed by atoms with van der Waals surface area (Å²) in [5, 5.41) is 23.7. The zero-order chi connectivity index (χ0) is 40.3. The Labute approximate surface area is 342 Å². The van der Waals surface area contributed by atoms with Gasteiger partial charge in [0.15, 0.2) is 0 Å². The summed E-state index contributed by atoms with van der Waals surface area (Å²) >= 11 is 0. The van der Waals surface area contributed by atoms with Crippen molar-refractivity contribution in [3.05, 3.63) is 12.2 Å². The maximum absolute atomic E-state index is 13.1. The largest absolute Gasteiger partial charge is 0.462 e. The lowest BCUT2D eigenvalue weighted by atomic mass is 10.0. The fraction of sp³-hybridized carbons (Fsp3) is 0.918. The molecule has 0 aliphatic rings. The first kappa shape index (κ1) is 53.6. The third-order valence-corrected chi connectivity index (χ3v) is 11.3. The molecule has 0 aliphatic heterocycles. The van der Waals surface area contributed by atoms with E-state index in [9.17, 15) is 19.8 Å². The van der Waals surface area contributed by atoms with E-state index >= 15 is 0 Å². The van der Waals surface area contributed by atoms with Crippen molar-refractivity contribution in [1.29, 1.82) is 0 Å². The topological polar surface area (TPSA) is 95.9 Å². The Bertz CT molecular complexity index is 832. The van der Waals surface area contributed by atoms with E-state index in [1.165, 1.54) is 167 Å². The molecule has 0 aliphatic carbocycles. The lowest BCUT2D eigenvalue weighted by Gasteiger charge is -2.24.